The van der Waals surface area contributed by atoms with Crippen LogP contribution in [0, 0.1) is 6.92 Å². The van der Waals surface area contributed by atoms with Crippen molar-refractivity contribution in [1.29, 1.82) is 0 Å². The van der Waals surface area contributed by atoms with Crippen LogP contribution in [0.15, 0.2) is 48.5 Å². The fraction of sp³-hybridized carbons (Fsp3) is 0.250. The molecule has 0 saturated heterocycles. The Bertz CT molecular complexity index is 965. The van der Waals surface area contributed by atoms with Gasteiger partial charge in [0.1, 0.15) is 0 Å². The number of nitrogens with zero attached hydrogens (tertiary/aromatic N) is 1. The standard InChI is InChI=1S/C20H22N2O3S/c1-15-5-3-6-16(13-15)9-10-20(23)22-12-11-18-17(14-22)7-4-8-19(18)21-26(2,24)25/h3-10,13,21H,11-12,14H2,1-2H3/b10-9+. The van der Waals surface area contributed by atoms with Crippen molar-refractivity contribution in [3.05, 3.63) is 70.8 Å². The third-order valence-corrected chi connectivity index (χ3v) is 4.92. The topological polar surface area (TPSA) is 66.5 Å². The van der Waals surface area contributed by atoms with Crippen molar-refractivity contribution < 1.29 is 13.2 Å². The number of rotatable bonds is 4. The van der Waals surface area contributed by atoms with Crippen LogP contribution in [0.2, 0.25) is 0 Å². The van der Waals surface area contributed by atoms with Gasteiger partial charge in [-0.15, -0.1) is 0 Å². The number of fused-ring (bicyclic) bond motifs is 1. The second kappa shape index (κ2) is 7.33. The van der Waals surface area contributed by atoms with Gasteiger partial charge < -0.3 is 4.90 Å². The first-order valence-electron chi connectivity index (χ1n) is 8.44. The van der Waals surface area contributed by atoms with E-state index in [0.717, 1.165) is 28.5 Å². The number of carbonyl (C=O) groups is 1. The third kappa shape index (κ3) is 4.52. The molecule has 0 bridgehead atoms. The Morgan fingerprint density at radius 1 is 1.19 bits per heavy atom. The summed E-state index contributed by atoms with van der Waals surface area (Å²) < 4.78 is 25.6. The van der Waals surface area contributed by atoms with Gasteiger partial charge in [-0.1, -0.05) is 42.0 Å². The maximum atomic E-state index is 12.5. The summed E-state index contributed by atoms with van der Waals surface area (Å²) in [5, 5.41) is 0. The minimum atomic E-state index is -3.33. The number of hydrogen-bond acceptors (Lipinski definition) is 3. The average Bonchev–Trinajstić information content (AvgIpc) is 2.58. The first-order chi connectivity index (χ1) is 12.3. The molecule has 2 aromatic rings. The number of hydrogen-bond donors (Lipinski definition) is 1. The van der Waals surface area contributed by atoms with E-state index in [9.17, 15) is 13.2 Å². The number of carbonyl (C=O) groups excluding carboxylic acids is 1. The van der Waals surface area contributed by atoms with Crippen LogP contribution >= 0.6 is 0 Å². The lowest BCUT2D eigenvalue weighted by atomic mass is 9.98. The van der Waals surface area contributed by atoms with Crippen LogP contribution in [-0.2, 0) is 27.8 Å². The normalized spacial score (nSPS) is 14.3. The first kappa shape index (κ1) is 18.2. The van der Waals surface area contributed by atoms with Gasteiger partial charge in [-0.25, -0.2) is 8.42 Å². The molecule has 26 heavy (non-hydrogen) atoms. The lowest BCUT2D eigenvalue weighted by molar-refractivity contribution is -0.126. The molecule has 2 aromatic carbocycles. The molecule has 3 rings (SSSR count). The van der Waals surface area contributed by atoms with Gasteiger partial charge in [0.25, 0.3) is 0 Å². The summed E-state index contributed by atoms with van der Waals surface area (Å²) in [6.45, 7) is 3.06. The number of nitrogens with one attached hydrogen (secondary N) is 1. The van der Waals surface area contributed by atoms with Crippen molar-refractivity contribution in [1.82, 2.24) is 4.90 Å². The average molecular weight is 370 g/mol. The molecule has 0 radical (unpaired) electrons. The van der Waals surface area contributed by atoms with E-state index in [1.165, 1.54) is 0 Å². The fourth-order valence-electron chi connectivity index (χ4n) is 3.14. The SMILES string of the molecule is Cc1cccc(/C=C/C(=O)N2CCc3c(cccc3NS(C)(=O)=O)C2)c1. The minimum absolute atomic E-state index is 0.0429. The Labute approximate surface area is 154 Å². The molecule has 0 aromatic heterocycles. The lowest BCUT2D eigenvalue weighted by Gasteiger charge is -2.29. The summed E-state index contributed by atoms with van der Waals surface area (Å²) in [7, 11) is -3.33. The largest absolute Gasteiger partial charge is 0.334 e. The summed E-state index contributed by atoms with van der Waals surface area (Å²) in [4.78, 5) is 14.3. The number of aryl methyl sites for hydroxylation is 1. The molecular formula is C20H22N2O3S. The van der Waals surface area contributed by atoms with E-state index in [1.54, 1.807) is 17.0 Å². The molecule has 0 atom stereocenters. The van der Waals surface area contributed by atoms with Crippen LogP contribution in [0.4, 0.5) is 5.69 Å². The van der Waals surface area contributed by atoms with Gasteiger partial charge in [-0.2, -0.15) is 0 Å². The van der Waals surface area contributed by atoms with Crippen LogP contribution in [0.5, 0.6) is 0 Å². The van der Waals surface area contributed by atoms with Crippen molar-refractivity contribution in [2.45, 2.75) is 19.9 Å². The summed E-state index contributed by atoms with van der Waals surface area (Å²) >= 11 is 0. The molecule has 6 heteroatoms. The van der Waals surface area contributed by atoms with E-state index in [1.807, 2.05) is 49.4 Å². The van der Waals surface area contributed by atoms with Gasteiger partial charge in [0.05, 0.1) is 11.9 Å². The predicted molar refractivity (Wildman–Crippen MR) is 104 cm³/mol. The van der Waals surface area contributed by atoms with Crippen LogP contribution < -0.4 is 4.72 Å². The second-order valence-corrected chi connectivity index (χ2v) is 8.32. The first-order valence-corrected chi connectivity index (χ1v) is 10.3. The summed E-state index contributed by atoms with van der Waals surface area (Å²) in [5.41, 5.74) is 4.69. The van der Waals surface area contributed by atoms with Crippen molar-refractivity contribution in [2.75, 3.05) is 17.5 Å². The van der Waals surface area contributed by atoms with Crippen molar-refractivity contribution in [2.24, 2.45) is 0 Å². The molecular weight excluding hydrogens is 348 g/mol. The van der Waals surface area contributed by atoms with Gasteiger partial charge in [-0.05, 0) is 42.2 Å². The molecule has 1 amide bonds. The number of anilines is 1. The van der Waals surface area contributed by atoms with E-state index >= 15 is 0 Å². The van der Waals surface area contributed by atoms with E-state index in [2.05, 4.69) is 4.72 Å². The molecule has 1 aliphatic rings. The zero-order valence-electron chi connectivity index (χ0n) is 14.9. The summed E-state index contributed by atoms with van der Waals surface area (Å²) in [5.74, 6) is -0.0429. The van der Waals surface area contributed by atoms with Gasteiger partial charge in [0.2, 0.25) is 15.9 Å². The highest BCUT2D eigenvalue weighted by molar-refractivity contribution is 7.92. The molecule has 5 nitrogen and oxygen atoms in total. The molecule has 1 heterocycles. The molecule has 0 unspecified atom stereocenters. The van der Waals surface area contributed by atoms with E-state index in [4.69, 9.17) is 0 Å². The Morgan fingerprint density at radius 2 is 1.96 bits per heavy atom. The van der Waals surface area contributed by atoms with Gasteiger partial charge >= 0.3 is 0 Å². The Hall–Kier alpha value is -2.60. The number of sulfonamides is 1. The maximum Gasteiger partial charge on any atom is 0.246 e. The van der Waals surface area contributed by atoms with Crippen molar-refractivity contribution >= 4 is 27.7 Å². The Morgan fingerprint density at radius 3 is 2.69 bits per heavy atom. The maximum absolute atomic E-state index is 12.5. The highest BCUT2D eigenvalue weighted by Crippen LogP contribution is 2.27. The van der Waals surface area contributed by atoms with E-state index < -0.39 is 10.0 Å². The monoisotopic (exact) mass is 370 g/mol. The van der Waals surface area contributed by atoms with Crippen LogP contribution in [0.25, 0.3) is 6.08 Å². The molecule has 1 N–H and O–H groups in total. The molecule has 136 valence electrons. The highest BCUT2D eigenvalue weighted by atomic mass is 32.2. The fourth-order valence-corrected chi connectivity index (χ4v) is 3.73. The molecule has 0 saturated carbocycles. The molecule has 0 fully saturated rings. The molecule has 1 aliphatic heterocycles. The summed E-state index contributed by atoms with van der Waals surface area (Å²) in [6, 6.07) is 13.5. The zero-order chi connectivity index (χ0) is 18.7. The smallest absolute Gasteiger partial charge is 0.246 e. The van der Waals surface area contributed by atoms with Gasteiger partial charge in [0, 0.05) is 19.2 Å². The van der Waals surface area contributed by atoms with E-state index in [-0.39, 0.29) is 5.91 Å². The Balaban J connectivity index is 1.74. The van der Waals surface area contributed by atoms with Crippen LogP contribution in [0.1, 0.15) is 22.3 Å². The zero-order valence-corrected chi connectivity index (χ0v) is 15.7. The molecule has 0 aliphatic carbocycles. The quantitative estimate of drug-likeness (QED) is 0.842. The highest BCUT2D eigenvalue weighted by Gasteiger charge is 2.22. The van der Waals surface area contributed by atoms with Gasteiger partial charge in [0.15, 0.2) is 0 Å². The van der Waals surface area contributed by atoms with Crippen LogP contribution in [-0.4, -0.2) is 32.0 Å². The lowest BCUT2D eigenvalue weighted by Crippen LogP contribution is -2.35. The third-order valence-electron chi connectivity index (χ3n) is 4.33. The minimum Gasteiger partial charge on any atom is -0.334 e. The van der Waals surface area contributed by atoms with Crippen molar-refractivity contribution in [3.63, 3.8) is 0 Å². The Kier molecular flexibility index (Phi) is 5.13. The number of benzene rings is 2. The van der Waals surface area contributed by atoms with Crippen molar-refractivity contribution in [3.8, 4) is 0 Å². The van der Waals surface area contributed by atoms with Gasteiger partial charge in [-0.3, -0.25) is 9.52 Å². The van der Waals surface area contributed by atoms with E-state index in [0.29, 0.717) is 25.2 Å². The summed E-state index contributed by atoms with van der Waals surface area (Å²) in [6.07, 6.45) is 5.18. The number of amides is 1. The molecule has 0 spiro atoms. The van der Waals surface area contributed by atoms with Crippen LogP contribution in [0.3, 0.4) is 0 Å². The predicted octanol–water partition coefficient (Wildman–Crippen LogP) is 2.96. The second-order valence-electron chi connectivity index (χ2n) is 6.57.